The van der Waals surface area contributed by atoms with E-state index < -0.39 is 5.41 Å². The second kappa shape index (κ2) is 10.2. The first-order valence-corrected chi connectivity index (χ1v) is 12.5. The van der Waals surface area contributed by atoms with Gasteiger partial charge in [-0.05, 0) is 47.4 Å². The number of rotatable bonds is 4. The highest BCUT2D eigenvalue weighted by molar-refractivity contribution is 6.36. The standard InChI is InChI=1S/C27H28Cl3N3O/c1-27(2,3)26(34)32-12-13-33(23-10-9-21(28)15-22(23)29)24(17-32)20-7-4-18(5-8-20)14-19-6-11-25(30)31-16-19/h4-11,15-16,24H,12-14,17H2,1-3H3/t24-/m0/s1. The zero-order valence-electron chi connectivity index (χ0n) is 19.6. The van der Waals surface area contributed by atoms with E-state index >= 15 is 0 Å². The maximum absolute atomic E-state index is 13.1. The molecule has 0 radical (unpaired) electrons. The van der Waals surface area contributed by atoms with Crippen molar-refractivity contribution in [2.45, 2.75) is 33.2 Å². The number of piperazine rings is 1. The minimum absolute atomic E-state index is 0.0232. The van der Waals surface area contributed by atoms with Gasteiger partial charge in [0.2, 0.25) is 5.91 Å². The van der Waals surface area contributed by atoms with Crippen molar-refractivity contribution in [2.75, 3.05) is 24.5 Å². The number of nitrogens with zero attached hydrogens (tertiary/aromatic N) is 3. The molecule has 1 atom stereocenters. The molecule has 0 spiro atoms. The molecule has 0 bridgehead atoms. The fourth-order valence-corrected chi connectivity index (χ4v) is 4.96. The Balaban J connectivity index is 1.62. The van der Waals surface area contributed by atoms with E-state index in [9.17, 15) is 4.79 Å². The summed E-state index contributed by atoms with van der Waals surface area (Å²) in [6.45, 7) is 7.82. The molecule has 1 aliphatic heterocycles. The predicted octanol–water partition coefficient (Wildman–Crippen LogP) is 7.07. The first-order valence-electron chi connectivity index (χ1n) is 11.3. The molecule has 0 unspecified atom stereocenters. The molecule has 4 rings (SSSR count). The molecular formula is C27H28Cl3N3O. The molecule has 0 aliphatic carbocycles. The molecule has 2 heterocycles. The monoisotopic (exact) mass is 515 g/mol. The third kappa shape index (κ3) is 5.68. The number of hydrogen-bond acceptors (Lipinski definition) is 3. The van der Waals surface area contributed by atoms with Gasteiger partial charge in [0, 0.05) is 36.3 Å². The van der Waals surface area contributed by atoms with Crippen molar-refractivity contribution in [3.8, 4) is 0 Å². The van der Waals surface area contributed by atoms with E-state index in [1.165, 1.54) is 5.56 Å². The molecule has 1 fully saturated rings. The molecule has 1 amide bonds. The van der Waals surface area contributed by atoms with Crippen LogP contribution in [0.15, 0.2) is 60.8 Å². The number of benzene rings is 2. The van der Waals surface area contributed by atoms with Gasteiger partial charge in [0.1, 0.15) is 5.15 Å². The van der Waals surface area contributed by atoms with Crippen LogP contribution in [0.5, 0.6) is 0 Å². The number of anilines is 1. The van der Waals surface area contributed by atoms with Gasteiger partial charge >= 0.3 is 0 Å². The third-order valence-electron chi connectivity index (χ3n) is 6.09. The van der Waals surface area contributed by atoms with E-state index in [2.05, 4.69) is 34.1 Å². The van der Waals surface area contributed by atoms with Crippen LogP contribution in [-0.2, 0) is 11.2 Å². The summed E-state index contributed by atoms with van der Waals surface area (Å²) < 4.78 is 0. The van der Waals surface area contributed by atoms with Crippen molar-refractivity contribution < 1.29 is 4.79 Å². The second-order valence-corrected chi connectivity index (χ2v) is 10.9. The van der Waals surface area contributed by atoms with E-state index in [0.717, 1.165) is 23.2 Å². The number of aromatic nitrogens is 1. The summed E-state index contributed by atoms with van der Waals surface area (Å²) >= 11 is 18.6. The van der Waals surface area contributed by atoms with Crippen LogP contribution in [0.4, 0.5) is 5.69 Å². The van der Waals surface area contributed by atoms with E-state index in [1.807, 2.05) is 49.9 Å². The van der Waals surface area contributed by atoms with Crippen LogP contribution in [0.1, 0.15) is 43.5 Å². The quantitative estimate of drug-likeness (QED) is 0.348. The molecule has 4 nitrogen and oxygen atoms in total. The van der Waals surface area contributed by atoms with E-state index in [0.29, 0.717) is 34.8 Å². The van der Waals surface area contributed by atoms with Gasteiger partial charge in [0.25, 0.3) is 0 Å². The van der Waals surface area contributed by atoms with Gasteiger partial charge < -0.3 is 9.80 Å². The van der Waals surface area contributed by atoms with Gasteiger partial charge in [-0.15, -0.1) is 0 Å². The summed E-state index contributed by atoms with van der Waals surface area (Å²) in [7, 11) is 0. The SMILES string of the molecule is CC(C)(C)C(=O)N1CCN(c2ccc(Cl)cc2Cl)[C@H](c2ccc(Cc3ccc(Cl)nc3)cc2)C1. The zero-order valence-corrected chi connectivity index (χ0v) is 21.8. The van der Waals surface area contributed by atoms with Gasteiger partial charge in [0.05, 0.1) is 16.8 Å². The van der Waals surface area contributed by atoms with Crippen LogP contribution in [-0.4, -0.2) is 35.4 Å². The van der Waals surface area contributed by atoms with Crippen molar-refractivity contribution >= 4 is 46.4 Å². The van der Waals surface area contributed by atoms with Gasteiger partial charge in [-0.3, -0.25) is 4.79 Å². The van der Waals surface area contributed by atoms with Gasteiger partial charge in [0.15, 0.2) is 0 Å². The van der Waals surface area contributed by atoms with Gasteiger partial charge in [-0.1, -0.05) is 85.9 Å². The average Bonchev–Trinajstić information content (AvgIpc) is 2.80. The highest BCUT2D eigenvalue weighted by Crippen LogP contribution is 2.37. The number of pyridine rings is 1. The maximum Gasteiger partial charge on any atom is 0.228 e. The van der Waals surface area contributed by atoms with Gasteiger partial charge in [-0.2, -0.15) is 0 Å². The van der Waals surface area contributed by atoms with Crippen LogP contribution in [0.3, 0.4) is 0 Å². The van der Waals surface area contributed by atoms with Crippen molar-refractivity contribution in [3.63, 3.8) is 0 Å². The summed E-state index contributed by atoms with van der Waals surface area (Å²) in [5.74, 6) is 0.159. The third-order valence-corrected chi connectivity index (χ3v) is 6.85. The molecule has 34 heavy (non-hydrogen) atoms. The molecule has 3 aromatic rings. The zero-order chi connectivity index (χ0) is 24.5. The topological polar surface area (TPSA) is 36.4 Å². The Morgan fingerprint density at radius 3 is 2.29 bits per heavy atom. The maximum atomic E-state index is 13.1. The van der Waals surface area contributed by atoms with Crippen molar-refractivity contribution in [1.29, 1.82) is 0 Å². The molecule has 0 N–H and O–H groups in total. The smallest absolute Gasteiger partial charge is 0.228 e. The molecule has 0 saturated carbocycles. The number of carbonyl (C=O) groups excluding carboxylic acids is 1. The molecule has 1 aromatic heterocycles. The molecular weight excluding hydrogens is 489 g/mol. The summed E-state index contributed by atoms with van der Waals surface area (Å²) in [6, 6.07) is 17.9. The second-order valence-electron chi connectivity index (χ2n) is 9.71. The Bertz CT molecular complexity index is 1160. The molecule has 178 valence electrons. The minimum Gasteiger partial charge on any atom is -0.360 e. The molecule has 1 saturated heterocycles. The Morgan fingerprint density at radius 2 is 1.68 bits per heavy atom. The highest BCUT2D eigenvalue weighted by Gasteiger charge is 2.35. The molecule has 1 aliphatic rings. The minimum atomic E-state index is -0.429. The molecule has 2 aromatic carbocycles. The first kappa shape index (κ1) is 24.8. The van der Waals surface area contributed by atoms with Gasteiger partial charge in [-0.25, -0.2) is 4.98 Å². The van der Waals surface area contributed by atoms with Crippen LogP contribution in [0, 0.1) is 5.41 Å². The summed E-state index contributed by atoms with van der Waals surface area (Å²) in [6.07, 6.45) is 2.58. The van der Waals surface area contributed by atoms with Crippen molar-refractivity contribution in [3.05, 3.63) is 92.7 Å². The van der Waals surface area contributed by atoms with Crippen molar-refractivity contribution in [1.82, 2.24) is 9.88 Å². The summed E-state index contributed by atoms with van der Waals surface area (Å²) in [5, 5.41) is 1.71. The predicted molar refractivity (Wildman–Crippen MR) is 141 cm³/mol. The average molecular weight is 517 g/mol. The number of carbonyl (C=O) groups is 1. The van der Waals surface area contributed by atoms with Crippen LogP contribution in [0.2, 0.25) is 15.2 Å². The first-order chi connectivity index (χ1) is 16.1. The number of hydrogen-bond donors (Lipinski definition) is 0. The number of amides is 1. The lowest BCUT2D eigenvalue weighted by Gasteiger charge is -2.45. The van der Waals surface area contributed by atoms with Crippen LogP contribution in [0.25, 0.3) is 0 Å². The summed E-state index contributed by atoms with van der Waals surface area (Å²) in [5.41, 5.74) is 3.92. The fraction of sp³-hybridized carbons (Fsp3) is 0.333. The van der Waals surface area contributed by atoms with E-state index in [1.54, 1.807) is 12.3 Å². The van der Waals surface area contributed by atoms with Crippen LogP contribution < -0.4 is 4.90 Å². The normalized spacial score (nSPS) is 16.6. The van der Waals surface area contributed by atoms with E-state index in [-0.39, 0.29) is 11.9 Å². The Hall–Kier alpha value is -2.27. The van der Waals surface area contributed by atoms with Crippen LogP contribution >= 0.6 is 34.8 Å². The highest BCUT2D eigenvalue weighted by atomic mass is 35.5. The fourth-order valence-electron chi connectivity index (χ4n) is 4.33. The van der Waals surface area contributed by atoms with Crippen molar-refractivity contribution in [2.24, 2.45) is 5.41 Å². The largest absolute Gasteiger partial charge is 0.360 e. The lowest BCUT2D eigenvalue weighted by atomic mass is 9.92. The Labute approximate surface area is 216 Å². The summed E-state index contributed by atoms with van der Waals surface area (Å²) in [4.78, 5) is 21.5. The lowest BCUT2D eigenvalue weighted by molar-refractivity contribution is -0.140. The van der Waals surface area contributed by atoms with E-state index in [4.69, 9.17) is 34.8 Å². The Kier molecular flexibility index (Phi) is 7.42. The molecule has 7 heteroatoms. The number of halogens is 3. The Morgan fingerprint density at radius 1 is 0.971 bits per heavy atom. The lowest BCUT2D eigenvalue weighted by Crippen LogP contribution is -2.53.